The van der Waals surface area contributed by atoms with Crippen LogP contribution in [0.4, 0.5) is 4.39 Å². The SMILES string of the molecule is CCC=C(F)C=CCO. The molecule has 1 nitrogen and oxygen atoms in total. The summed E-state index contributed by atoms with van der Waals surface area (Å²) < 4.78 is 12.3. The molecule has 0 saturated carbocycles. The molecule has 0 rings (SSSR count). The quantitative estimate of drug-likeness (QED) is 0.577. The molecule has 0 aromatic heterocycles. The average molecular weight is 130 g/mol. The van der Waals surface area contributed by atoms with E-state index in [1.807, 2.05) is 6.92 Å². The molecule has 0 bridgehead atoms. The Balaban J connectivity index is 3.60. The Bertz CT molecular complexity index is 116. The molecule has 0 heterocycles. The van der Waals surface area contributed by atoms with Gasteiger partial charge in [0.15, 0.2) is 0 Å². The molecule has 1 N–H and O–H groups in total. The molecule has 0 fully saturated rings. The van der Waals surface area contributed by atoms with Gasteiger partial charge < -0.3 is 5.11 Å². The molecule has 0 amide bonds. The van der Waals surface area contributed by atoms with Gasteiger partial charge in [-0.2, -0.15) is 0 Å². The minimum atomic E-state index is -0.286. The highest BCUT2D eigenvalue weighted by Crippen LogP contribution is 1.98. The van der Waals surface area contributed by atoms with Crippen LogP contribution in [0, 0.1) is 0 Å². The smallest absolute Gasteiger partial charge is 0.118 e. The zero-order valence-electron chi connectivity index (χ0n) is 5.47. The van der Waals surface area contributed by atoms with Gasteiger partial charge in [-0.1, -0.05) is 13.0 Å². The van der Waals surface area contributed by atoms with Crippen LogP contribution in [0.1, 0.15) is 13.3 Å². The summed E-state index contributed by atoms with van der Waals surface area (Å²) in [6, 6.07) is 0. The predicted octanol–water partition coefficient (Wildman–Crippen LogP) is 1.80. The normalized spacial score (nSPS) is 13.0. The van der Waals surface area contributed by atoms with Crippen molar-refractivity contribution in [2.75, 3.05) is 6.61 Å². The maximum Gasteiger partial charge on any atom is 0.118 e. The van der Waals surface area contributed by atoms with Gasteiger partial charge in [-0.25, -0.2) is 4.39 Å². The lowest BCUT2D eigenvalue weighted by Gasteiger charge is -1.82. The fourth-order valence-corrected chi connectivity index (χ4v) is 0.428. The van der Waals surface area contributed by atoms with E-state index in [1.165, 1.54) is 18.2 Å². The average Bonchev–Trinajstić information content (AvgIpc) is 1.85. The van der Waals surface area contributed by atoms with Gasteiger partial charge in [0, 0.05) is 0 Å². The fraction of sp³-hybridized carbons (Fsp3) is 0.429. The molecule has 0 atom stereocenters. The van der Waals surface area contributed by atoms with E-state index in [1.54, 1.807) is 0 Å². The molecule has 0 aromatic carbocycles. The molecule has 9 heavy (non-hydrogen) atoms. The first kappa shape index (κ1) is 8.37. The van der Waals surface area contributed by atoms with Crippen LogP contribution in [0.15, 0.2) is 24.1 Å². The van der Waals surface area contributed by atoms with Crippen LogP contribution in [-0.4, -0.2) is 11.7 Å². The summed E-state index contributed by atoms with van der Waals surface area (Å²) in [5.41, 5.74) is 0. The van der Waals surface area contributed by atoms with E-state index < -0.39 is 0 Å². The van der Waals surface area contributed by atoms with Crippen molar-refractivity contribution in [1.29, 1.82) is 0 Å². The van der Waals surface area contributed by atoms with Gasteiger partial charge in [-0.3, -0.25) is 0 Å². The van der Waals surface area contributed by atoms with Gasteiger partial charge in [0.2, 0.25) is 0 Å². The second-order valence-corrected chi connectivity index (χ2v) is 1.58. The third-order valence-electron chi connectivity index (χ3n) is 0.782. The van der Waals surface area contributed by atoms with E-state index in [0.717, 1.165) is 0 Å². The predicted molar refractivity (Wildman–Crippen MR) is 35.7 cm³/mol. The lowest BCUT2D eigenvalue weighted by atomic mass is 10.3. The van der Waals surface area contributed by atoms with Crippen LogP contribution in [-0.2, 0) is 0 Å². The van der Waals surface area contributed by atoms with Crippen molar-refractivity contribution >= 4 is 0 Å². The molecule has 0 unspecified atom stereocenters. The Morgan fingerprint density at radius 1 is 1.67 bits per heavy atom. The maximum atomic E-state index is 12.3. The van der Waals surface area contributed by atoms with Crippen molar-refractivity contribution in [1.82, 2.24) is 0 Å². The summed E-state index contributed by atoms with van der Waals surface area (Å²) in [5.74, 6) is -0.286. The summed E-state index contributed by atoms with van der Waals surface area (Å²) >= 11 is 0. The molecule has 0 radical (unpaired) electrons. The van der Waals surface area contributed by atoms with E-state index in [0.29, 0.717) is 6.42 Å². The first-order chi connectivity index (χ1) is 4.31. The fourth-order valence-electron chi connectivity index (χ4n) is 0.428. The summed E-state index contributed by atoms with van der Waals surface area (Å²) in [4.78, 5) is 0. The Morgan fingerprint density at radius 2 is 2.33 bits per heavy atom. The van der Waals surface area contributed by atoms with Gasteiger partial charge in [-0.05, 0) is 18.6 Å². The highest BCUT2D eigenvalue weighted by Gasteiger charge is 1.81. The molecule has 0 aromatic rings. The summed E-state index contributed by atoms with van der Waals surface area (Å²) in [5, 5.41) is 8.20. The lowest BCUT2D eigenvalue weighted by molar-refractivity contribution is 0.342. The van der Waals surface area contributed by atoms with E-state index >= 15 is 0 Å². The number of hydrogen-bond acceptors (Lipinski definition) is 1. The van der Waals surface area contributed by atoms with Crippen LogP contribution in [0.3, 0.4) is 0 Å². The zero-order valence-corrected chi connectivity index (χ0v) is 5.47. The zero-order chi connectivity index (χ0) is 7.11. The summed E-state index contributed by atoms with van der Waals surface area (Å²) in [6.07, 6.45) is 4.75. The number of allylic oxidation sites excluding steroid dienone is 3. The highest BCUT2D eigenvalue weighted by atomic mass is 19.1. The Morgan fingerprint density at radius 3 is 2.78 bits per heavy atom. The van der Waals surface area contributed by atoms with Gasteiger partial charge in [0.25, 0.3) is 0 Å². The monoisotopic (exact) mass is 130 g/mol. The number of hydrogen-bond donors (Lipinski definition) is 1. The molecule has 0 aliphatic heterocycles. The van der Waals surface area contributed by atoms with Crippen LogP contribution >= 0.6 is 0 Å². The maximum absolute atomic E-state index is 12.3. The number of halogens is 1. The Hall–Kier alpha value is -0.630. The van der Waals surface area contributed by atoms with Crippen molar-refractivity contribution in [3.8, 4) is 0 Å². The number of rotatable bonds is 3. The van der Waals surface area contributed by atoms with Crippen LogP contribution < -0.4 is 0 Å². The van der Waals surface area contributed by atoms with Crippen LogP contribution in [0.2, 0.25) is 0 Å². The Kier molecular flexibility index (Phi) is 5.12. The van der Waals surface area contributed by atoms with Gasteiger partial charge in [-0.15, -0.1) is 0 Å². The highest BCUT2D eigenvalue weighted by molar-refractivity contribution is 5.10. The Labute approximate surface area is 54.5 Å². The van der Waals surface area contributed by atoms with Gasteiger partial charge >= 0.3 is 0 Å². The largest absolute Gasteiger partial charge is 0.392 e. The molecule has 0 aliphatic carbocycles. The molecular formula is C7H11FO. The number of aliphatic hydroxyl groups is 1. The number of aliphatic hydroxyl groups excluding tert-OH is 1. The second-order valence-electron chi connectivity index (χ2n) is 1.58. The van der Waals surface area contributed by atoms with Gasteiger partial charge in [0.05, 0.1) is 6.61 Å². The third-order valence-corrected chi connectivity index (χ3v) is 0.782. The first-order valence-corrected chi connectivity index (χ1v) is 2.94. The molecule has 2 heteroatoms. The molecule has 0 aliphatic rings. The minimum absolute atomic E-state index is 0.106. The lowest BCUT2D eigenvalue weighted by Crippen LogP contribution is -1.71. The van der Waals surface area contributed by atoms with Gasteiger partial charge in [0.1, 0.15) is 5.83 Å². The summed E-state index contributed by atoms with van der Waals surface area (Å²) in [6.45, 7) is 1.75. The van der Waals surface area contributed by atoms with Crippen molar-refractivity contribution in [2.45, 2.75) is 13.3 Å². The molecule has 0 saturated heterocycles. The molecular weight excluding hydrogens is 119 g/mol. The third kappa shape index (κ3) is 5.24. The topological polar surface area (TPSA) is 20.2 Å². The van der Waals surface area contributed by atoms with E-state index in [2.05, 4.69) is 0 Å². The molecule has 52 valence electrons. The van der Waals surface area contributed by atoms with Crippen molar-refractivity contribution in [3.63, 3.8) is 0 Å². The molecule has 0 spiro atoms. The van der Waals surface area contributed by atoms with Crippen molar-refractivity contribution in [2.24, 2.45) is 0 Å². The van der Waals surface area contributed by atoms with Crippen molar-refractivity contribution < 1.29 is 9.50 Å². The van der Waals surface area contributed by atoms with Crippen LogP contribution in [0.25, 0.3) is 0 Å². The van der Waals surface area contributed by atoms with E-state index in [-0.39, 0.29) is 12.4 Å². The standard InChI is InChI=1S/C7H11FO/c1-2-4-7(8)5-3-6-9/h3-5,9H,2,6H2,1H3. The second kappa shape index (κ2) is 5.51. The van der Waals surface area contributed by atoms with E-state index in [4.69, 9.17) is 5.11 Å². The van der Waals surface area contributed by atoms with E-state index in [9.17, 15) is 4.39 Å². The van der Waals surface area contributed by atoms with Crippen LogP contribution in [0.5, 0.6) is 0 Å². The first-order valence-electron chi connectivity index (χ1n) is 2.94. The minimum Gasteiger partial charge on any atom is -0.392 e. The summed E-state index contributed by atoms with van der Waals surface area (Å²) in [7, 11) is 0. The van der Waals surface area contributed by atoms with Crippen molar-refractivity contribution in [3.05, 3.63) is 24.1 Å².